The Bertz CT molecular complexity index is 1230. The van der Waals surface area contributed by atoms with E-state index < -0.39 is 0 Å². The van der Waals surface area contributed by atoms with Crippen molar-refractivity contribution in [1.82, 2.24) is 10.2 Å². The first kappa shape index (κ1) is 21.8. The Morgan fingerprint density at radius 1 is 1.03 bits per heavy atom. The molecular weight excluding hydrogens is 430 g/mol. The highest BCUT2D eigenvalue weighted by atomic mass is 16.5. The summed E-state index contributed by atoms with van der Waals surface area (Å²) in [4.78, 5) is 27.2. The van der Waals surface area contributed by atoms with E-state index in [0.717, 1.165) is 31.2 Å². The summed E-state index contributed by atoms with van der Waals surface area (Å²) in [5, 5.41) is 12.2. The molecule has 2 aliphatic rings. The summed E-state index contributed by atoms with van der Waals surface area (Å²) < 4.78 is 11.5. The average molecular weight is 456 g/mol. The van der Waals surface area contributed by atoms with Gasteiger partial charge < -0.3 is 19.4 Å². The Morgan fingerprint density at radius 3 is 2.50 bits per heavy atom. The third kappa shape index (κ3) is 5.12. The summed E-state index contributed by atoms with van der Waals surface area (Å²) in [5.41, 5.74) is 2.04. The van der Waals surface area contributed by atoms with Crippen molar-refractivity contribution >= 4 is 11.8 Å². The predicted octanol–water partition coefficient (Wildman–Crippen LogP) is 4.43. The van der Waals surface area contributed by atoms with Gasteiger partial charge in [0, 0.05) is 24.2 Å². The number of nitrogens with one attached hydrogen (secondary N) is 1. The molecule has 172 valence electrons. The summed E-state index contributed by atoms with van der Waals surface area (Å²) in [6.45, 7) is 0.579. The standard InChI is InChI=1S/C27H25N3O4/c28-15-20-3-1-2-4-24(20)33-17-23-13-14-25(34-23)27(32)30(22-11-12-22)16-18-5-7-19(8-6-18)26(31)29-21-9-10-21/h1-8,13-14,21-22H,9-12,16-17H2,(H,29,31). The fraction of sp³-hybridized carbons (Fsp3) is 0.296. The van der Waals surface area contributed by atoms with Crippen molar-refractivity contribution in [2.24, 2.45) is 0 Å². The second-order valence-electron chi connectivity index (χ2n) is 8.77. The fourth-order valence-electron chi connectivity index (χ4n) is 3.75. The molecule has 0 atom stereocenters. The lowest BCUT2D eigenvalue weighted by molar-refractivity contribution is 0.0693. The molecular formula is C27H25N3O4. The number of ether oxygens (including phenoxy) is 1. The number of nitrogens with zero attached hydrogens (tertiary/aromatic N) is 2. The van der Waals surface area contributed by atoms with Gasteiger partial charge in [-0.2, -0.15) is 5.26 Å². The molecule has 0 unspecified atom stereocenters. The summed E-state index contributed by atoms with van der Waals surface area (Å²) >= 11 is 0. The largest absolute Gasteiger partial charge is 0.484 e. The van der Waals surface area contributed by atoms with E-state index in [1.165, 1.54) is 0 Å². The molecule has 0 saturated heterocycles. The van der Waals surface area contributed by atoms with Crippen molar-refractivity contribution in [3.8, 4) is 11.8 Å². The second-order valence-corrected chi connectivity index (χ2v) is 8.77. The summed E-state index contributed by atoms with van der Waals surface area (Å²) in [5.74, 6) is 1.04. The van der Waals surface area contributed by atoms with E-state index >= 15 is 0 Å². The fourth-order valence-corrected chi connectivity index (χ4v) is 3.75. The zero-order chi connectivity index (χ0) is 23.5. The van der Waals surface area contributed by atoms with Crippen LogP contribution in [0.3, 0.4) is 0 Å². The normalized spacial score (nSPS) is 14.8. The lowest BCUT2D eigenvalue weighted by atomic mass is 10.1. The SMILES string of the molecule is N#Cc1ccccc1OCc1ccc(C(=O)N(Cc2ccc(C(=O)NC3CC3)cc2)C2CC2)o1. The Labute approximate surface area is 197 Å². The van der Waals surface area contributed by atoms with Gasteiger partial charge in [0.1, 0.15) is 24.2 Å². The molecule has 2 amide bonds. The molecule has 0 aliphatic heterocycles. The number of nitriles is 1. The maximum Gasteiger partial charge on any atom is 0.290 e. The number of benzene rings is 2. The van der Waals surface area contributed by atoms with Crippen molar-refractivity contribution in [3.63, 3.8) is 0 Å². The molecule has 2 aliphatic carbocycles. The molecule has 7 heteroatoms. The van der Waals surface area contributed by atoms with Crippen molar-refractivity contribution in [2.75, 3.05) is 0 Å². The van der Waals surface area contributed by atoms with Gasteiger partial charge in [0.15, 0.2) is 5.76 Å². The average Bonchev–Trinajstić information content (AvgIpc) is 3.81. The van der Waals surface area contributed by atoms with Crippen molar-refractivity contribution in [3.05, 3.63) is 88.9 Å². The topological polar surface area (TPSA) is 95.6 Å². The van der Waals surface area contributed by atoms with Crippen molar-refractivity contribution in [2.45, 2.75) is 50.9 Å². The quantitative estimate of drug-likeness (QED) is 0.515. The van der Waals surface area contributed by atoms with Gasteiger partial charge in [-0.1, -0.05) is 24.3 Å². The van der Waals surface area contributed by atoms with Crippen LogP contribution in [0.1, 0.15) is 63.5 Å². The molecule has 3 aromatic rings. The summed E-state index contributed by atoms with van der Waals surface area (Å²) in [7, 11) is 0. The molecule has 0 radical (unpaired) electrons. The summed E-state index contributed by atoms with van der Waals surface area (Å²) in [6, 6.07) is 20.4. The minimum Gasteiger partial charge on any atom is -0.484 e. The third-order valence-corrected chi connectivity index (χ3v) is 5.98. The third-order valence-electron chi connectivity index (χ3n) is 5.98. The van der Waals surface area contributed by atoms with Crippen molar-refractivity contribution in [1.29, 1.82) is 5.26 Å². The molecule has 2 aromatic carbocycles. The van der Waals surface area contributed by atoms with E-state index in [2.05, 4.69) is 11.4 Å². The molecule has 1 heterocycles. The monoisotopic (exact) mass is 455 g/mol. The maximum atomic E-state index is 13.2. The molecule has 0 bridgehead atoms. The van der Waals surface area contributed by atoms with Gasteiger partial charge in [-0.25, -0.2) is 0 Å². The molecule has 0 spiro atoms. The van der Waals surface area contributed by atoms with Gasteiger partial charge in [0.25, 0.3) is 11.8 Å². The van der Waals surface area contributed by atoms with E-state index in [1.54, 1.807) is 36.4 Å². The van der Waals surface area contributed by atoms with Crippen LogP contribution in [-0.4, -0.2) is 28.8 Å². The Hall–Kier alpha value is -4.05. The zero-order valence-electron chi connectivity index (χ0n) is 18.7. The smallest absolute Gasteiger partial charge is 0.290 e. The van der Waals surface area contributed by atoms with Crippen LogP contribution >= 0.6 is 0 Å². The molecule has 34 heavy (non-hydrogen) atoms. The lowest BCUT2D eigenvalue weighted by Gasteiger charge is -2.21. The Morgan fingerprint density at radius 2 is 1.79 bits per heavy atom. The van der Waals surface area contributed by atoms with Crippen LogP contribution in [-0.2, 0) is 13.2 Å². The highest BCUT2D eigenvalue weighted by Crippen LogP contribution is 2.30. The predicted molar refractivity (Wildman–Crippen MR) is 124 cm³/mol. The number of carbonyl (C=O) groups excluding carboxylic acids is 2. The van der Waals surface area contributed by atoms with Crippen LogP contribution in [0.5, 0.6) is 5.75 Å². The first-order chi connectivity index (χ1) is 16.6. The minimum atomic E-state index is -0.165. The molecule has 5 rings (SSSR count). The number of carbonyl (C=O) groups is 2. The van der Waals surface area contributed by atoms with Crippen LogP contribution < -0.4 is 10.1 Å². The van der Waals surface area contributed by atoms with Crippen LogP contribution in [0.25, 0.3) is 0 Å². The van der Waals surface area contributed by atoms with Crippen LogP contribution in [0, 0.1) is 11.3 Å². The lowest BCUT2D eigenvalue weighted by Crippen LogP contribution is -2.32. The Kier molecular flexibility index (Phi) is 6.05. The van der Waals surface area contributed by atoms with Gasteiger partial charge in [-0.05, 0) is 67.6 Å². The van der Waals surface area contributed by atoms with E-state index in [-0.39, 0.29) is 30.2 Å². The highest BCUT2D eigenvalue weighted by molar-refractivity contribution is 5.94. The van der Waals surface area contributed by atoms with E-state index in [0.29, 0.717) is 35.2 Å². The van der Waals surface area contributed by atoms with Gasteiger partial charge >= 0.3 is 0 Å². The molecule has 2 fully saturated rings. The van der Waals surface area contributed by atoms with Gasteiger partial charge in [-0.3, -0.25) is 9.59 Å². The second kappa shape index (κ2) is 9.44. The first-order valence-corrected chi connectivity index (χ1v) is 11.5. The van der Waals surface area contributed by atoms with Crippen LogP contribution in [0.15, 0.2) is 65.1 Å². The number of rotatable bonds is 9. The number of hydrogen-bond acceptors (Lipinski definition) is 5. The number of amides is 2. The van der Waals surface area contributed by atoms with E-state index in [1.807, 2.05) is 29.2 Å². The Balaban J connectivity index is 1.22. The molecule has 2 saturated carbocycles. The molecule has 7 nitrogen and oxygen atoms in total. The van der Waals surface area contributed by atoms with Gasteiger partial charge in [0.05, 0.1) is 5.56 Å². The van der Waals surface area contributed by atoms with Crippen LogP contribution in [0.4, 0.5) is 0 Å². The minimum absolute atomic E-state index is 0.0492. The molecule has 1 aromatic heterocycles. The first-order valence-electron chi connectivity index (χ1n) is 11.5. The highest BCUT2D eigenvalue weighted by Gasteiger charge is 2.34. The van der Waals surface area contributed by atoms with Crippen molar-refractivity contribution < 1.29 is 18.7 Å². The zero-order valence-corrected chi connectivity index (χ0v) is 18.7. The molecule has 1 N–H and O–H groups in total. The van der Waals surface area contributed by atoms with E-state index in [9.17, 15) is 14.9 Å². The summed E-state index contributed by atoms with van der Waals surface area (Å²) in [6.07, 6.45) is 4.04. The number of para-hydroxylation sites is 1. The van der Waals surface area contributed by atoms with E-state index in [4.69, 9.17) is 9.15 Å². The van der Waals surface area contributed by atoms with Gasteiger partial charge in [-0.15, -0.1) is 0 Å². The van der Waals surface area contributed by atoms with Crippen LogP contribution in [0.2, 0.25) is 0 Å². The van der Waals surface area contributed by atoms with Gasteiger partial charge in [0.2, 0.25) is 0 Å². The maximum absolute atomic E-state index is 13.2. The number of hydrogen-bond donors (Lipinski definition) is 1. The number of furan rings is 1.